The number of hydrogen-bond acceptors (Lipinski definition) is 2. The van der Waals surface area contributed by atoms with Crippen molar-refractivity contribution in [3.05, 3.63) is 121 Å². The van der Waals surface area contributed by atoms with Crippen LogP contribution in [0.25, 0.3) is 46.8 Å². The van der Waals surface area contributed by atoms with Crippen LogP contribution in [0.4, 0.5) is 0 Å². The van der Waals surface area contributed by atoms with Gasteiger partial charge in [0.15, 0.2) is 0 Å². The second kappa shape index (κ2) is 7.95. The molecule has 0 spiro atoms. The standard InChI is InChI=1S/C36H20BNO2Se/c1-5-13-28-22(9-1)24-19-25-23-10-2-8-16-34(23)41-35(25)20-29(24)38(28)21-17-32-36-33(18-21)40-31-15-7-4-12-27(31)37(36)26-11-3-6-14-30(26)39-32/h1-20H/i1D,2D,3D,4D,5D,6D,7D,8D,9D,10D,11D,12D,13D,14D,15D,16D,17D,18D,19D,20D. The Morgan fingerprint density at radius 2 is 1.17 bits per heavy atom. The van der Waals surface area contributed by atoms with Gasteiger partial charge < -0.3 is 0 Å². The Balaban J connectivity index is 1.44. The van der Waals surface area contributed by atoms with Gasteiger partial charge in [-0.15, -0.1) is 0 Å². The third kappa shape index (κ3) is 2.95. The first-order chi connectivity index (χ1) is 28.7. The van der Waals surface area contributed by atoms with Crippen LogP contribution in [0.3, 0.4) is 0 Å². The normalized spacial score (nSPS) is 20.0. The van der Waals surface area contributed by atoms with Crippen LogP contribution in [0.1, 0.15) is 27.4 Å². The van der Waals surface area contributed by atoms with E-state index in [4.69, 9.17) is 31.4 Å². The number of para-hydroxylation sites is 3. The number of nitrogens with zero attached hydrogens (tertiary/aromatic N) is 1. The van der Waals surface area contributed by atoms with Gasteiger partial charge in [0, 0.05) is 0 Å². The average molecular weight is 608 g/mol. The van der Waals surface area contributed by atoms with Crippen molar-refractivity contribution >= 4 is 78.7 Å². The molecule has 0 amide bonds. The minimum absolute atomic E-state index is 0.0250. The fourth-order valence-corrected chi connectivity index (χ4v) is 7.59. The van der Waals surface area contributed by atoms with Gasteiger partial charge in [-0.3, -0.25) is 0 Å². The molecule has 5 heteroatoms. The zero-order chi connectivity index (χ0) is 44.1. The van der Waals surface area contributed by atoms with E-state index >= 15 is 0 Å². The van der Waals surface area contributed by atoms with Gasteiger partial charge in [-0.05, 0) is 0 Å². The molecule has 0 unspecified atom stereocenters. The van der Waals surface area contributed by atoms with Gasteiger partial charge in [0.2, 0.25) is 0 Å². The summed E-state index contributed by atoms with van der Waals surface area (Å²) in [5.74, 6) is -1.97. The Kier molecular flexibility index (Phi) is 2.06. The van der Waals surface area contributed by atoms with E-state index in [-0.39, 0.29) is 58.0 Å². The Morgan fingerprint density at radius 1 is 0.537 bits per heavy atom. The molecule has 0 bridgehead atoms. The molecule has 8 aromatic rings. The van der Waals surface area contributed by atoms with E-state index in [1.807, 2.05) is 0 Å². The number of ether oxygens (including phenoxy) is 2. The second-order valence-electron chi connectivity index (χ2n) is 9.34. The summed E-state index contributed by atoms with van der Waals surface area (Å²) >= 11 is -1.03. The Labute approximate surface area is 270 Å². The van der Waals surface area contributed by atoms with E-state index in [2.05, 4.69) is 0 Å². The van der Waals surface area contributed by atoms with Crippen LogP contribution in [-0.2, 0) is 0 Å². The van der Waals surface area contributed by atoms with Crippen molar-refractivity contribution in [2.75, 3.05) is 0 Å². The fourth-order valence-electron chi connectivity index (χ4n) is 5.57. The molecule has 0 fully saturated rings. The van der Waals surface area contributed by atoms with Crippen LogP contribution in [0.5, 0.6) is 23.0 Å². The van der Waals surface area contributed by atoms with Crippen LogP contribution in [0, 0.1) is 0 Å². The summed E-state index contributed by atoms with van der Waals surface area (Å²) in [6.07, 6.45) is 0. The van der Waals surface area contributed by atoms with Gasteiger partial charge in [-0.1, -0.05) is 0 Å². The summed E-state index contributed by atoms with van der Waals surface area (Å²) in [6.45, 7) is -1.52. The van der Waals surface area contributed by atoms with E-state index in [1.165, 1.54) is 0 Å². The van der Waals surface area contributed by atoms with Crippen molar-refractivity contribution in [2.45, 2.75) is 0 Å². The molecule has 0 atom stereocenters. The second-order valence-corrected chi connectivity index (χ2v) is 11.5. The summed E-state index contributed by atoms with van der Waals surface area (Å²) in [5, 5.41) is -0.629. The molecule has 2 aliphatic heterocycles. The molecule has 0 N–H and O–H groups in total. The predicted molar refractivity (Wildman–Crippen MR) is 170 cm³/mol. The molecule has 0 radical (unpaired) electrons. The molecule has 4 heterocycles. The Bertz CT molecular complexity index is 3410. The van der Waals surface area contributed by atoms with Gasteiger partial charge in [0.25, 0.3) is 0 Å². The molecule has 10 rings (SSSR count). The summed E-state index contributed by atoms with van der Waals surface area (Å²) < 4.78 is 191. The zero-order valence-electron chi connectivity index (χ0n) is 40.2. The third-order valence-corrected chi connectivity index (χ3v) is 9.37. The number of aromatic nitrogens is 1. The van der Waals surface area contributed by atoms with E-state index in [0.717, 1.165) is 4.57 Å². The van der Waals surface area contributed by atoms with Gasteiger partial charge in [-0.2, -0.15) is 0 Å². The van der Waals surface area contributed by atoms with E-state index in [9.17, 15) is 5.48 Å². The van der Waals surface area contributed by atoms with Crippen molar-refractivity contribution in [2.24, 2.45) is 0 Å². The number of rotatable bonds is 1. The number of fused-ring (bicyclic) bond motifs is 10. The molecule has 2 aliphatic rings. The van der Waals surface area contributed by atoms with Gasteiger partial charge in [-0.25, -0.2) is 0 Å². The van der Waals surface area contributed by atoms with Gasteiger partial charge in [0.05, 0.1) is 2.74 Å². The van der Waals surface area contributed by atoms with Gasteiger partial charge in [0.1, 0.15) is 0 Å². The Hall–Kier alpha value is -4.70. The molecule has 6 aromatic carbocycles. The van der Waals surface area contributed by atoms with Crippen molar-refractivity contribution in [1.82, 2.24) is 4.57 Å². The first-order valence-electron chi connectivity index (χ1n) is 22.3. The summed E-state index contributed by atoms with van der Waals surface area (Å²) in [6, 6.07) is -12.6. The summed E-state index contributed by atoms with van der Waals surface area (Å²) in [4.78, 5) is 0. The predicted octanol–water partition coefficient (Wildman–Crippen LogP) is 6.87. The third-order valence-electron chi connectivity index (χ3n) is 7.23. The van der Waals surface area contributed by atoms with Crippen molar-refractivity contribution in [3.8, 4) is 28.7 Å². The molecule has 41 heavy (non-hydrogen) atoms. The number of hydrogen-bond donors (Lipinski definition) is 0. The van der Waals surface area contributed by atoms with E-state index in [0.29, 0.717) is 0 Å². The minimum atomic E-state index is -1.52. The fraction of sp³-hybridized carbons (Fsp3) is 0. The first kappa shape index (κ1) is 10.6. The van der Waals surface area contributed by atoms with Crippen LogP contribution in [0.2, 0.25) is 0 Å². The van der Waals surface area contributed by atoms with E-state index in [1.54, 1.807) is 0 Å². The average Bonchev–Trinajstić information content (AvgIpc) is 3.82. The monoisotopic (exact) mass is 609 g/mol. The molecule has 190 valence electrons. The molecule has 0 saturated heterocycles. The van der Waals surface area contributed by atoms with Crippen LogP contribution in [0.15, 0.2) is 121 Å². The first-order valence-corrected chi connectivity index (χ1v) is 14.0. The zero-order valence-corrected chi connectivity index (χ0v) is 22.0. The van der Waals surface area contributed by atoms with Crippen LogP contribution < -0.4 is 25.9 Å². The van der Waals surface area contributed by atoms with Crippen molar-refractivity contribution in [1.29, 1.82) is 0 Å². The van der Waals surface area contributed by atoms with Crippen molar-refractivity contribution in [3.63, 3.8) is 0 Å². The van der Waals surface area contributed by atoms with Crippen molar-refractivity contribution < 1.29 is 36.9 Å². The molecular formula is C36H20BNO2Se. The van der Waals surface area contributed by atoms with Gasteiger partial charge >= 0.3 is 267 Å². The summed E-state index contributed by atoms with van der Waals surface area (Å²) in [7, 11) is 0. The molecular weight excluding hydrogens is 568 g/mol. The SMILES string of the molecule is [2H]c1c([2H])c([2H])c2c(c1[2H])Oc1c([2H])c(-n3c4c([2H])c([2H])c([2H])c([2H])c4c4c([2H])c5c([se]c6c([2H])c([2H])c([2H])c([2H])c65)c([2H])c43)c([2H])c3c1B2c1c([2H])c([2H])c([2H])c([2H])c1O3. The Morgan fingerprint density at radius 3 is 1.93 bits per heavy atom. The molecule has 0 aliphatic carbocycles. The molecule has 3 nitrogen and oxygen atoms in total. The van der Waals surface area contributed by atoms with Crippen LogP contribution >= 0.6 is 0 Å². The molecule has 0 saturated carbocycles. The number of benzene rings is 6. The summed E-state index contributed by atoms with van der Waals surface area (Å²) in [5.41, 5.74) is -1.96. The maximum atomic E-state index is 9.75. The maximum absolute atomic E-state index is 9.75. The molecule has 2 aromatic heterocycles. The van der Waals surface area contributed by atoms with Crippen LogP contribution in [-0.4, -0.2) is 25.8 Å². The van der Waals surface area contributed by atoms with E-state index < -0.39 is 170 Å². The quantitative estimate of drug-likeness (QED) is 0.190. The topological polar surface area (TPSA) is 23.4 Å².